The maximum atomic E-state index is 12.3. The Morgan fingerprint density at radius 2 is 1.96 bits per heavy atom. The van der Waals surface area contributed by atoms with Crippen LogP contribution in [0.5, 0.6) is 0 Å². The lowest BCUT2D eigenvalue weighted by atomic mass is 10.0. The molecule has 2 rings (SSSR count). The lowest BCUT2D eigenvalue weighted by molar-refractivity contribution is 0.0928. The predicted molar refractivity (Wildman–Crippen MR) is 94.2 cm³/mol. The van der Waals surface area contributed by atoms with Gasteiger partial charge in [-0.1, -0.05) is 13.3 Å². The van der Waals surface area contributed by atoms with Gasteiger partial charge in [0, 0.05) is 17.6 Å². The molecule has 0 bridgehead atoms. The Labute approximate surface area is 144 Å². The van der Waals surface area contributed by atoms with Crippen molar-refractivity contribution in [1.82, 2.24) is 10.0 Å². The molecule has 0 aromatic heterocycles. The first-order valence-electron chi connectivity index (χ1n) is 8.50. The van der Waals surface area contributed by atoms with Crippen molar-refractivity contribution >= 4 is 15.9 Å². The minimum Gasteiger partial charge on any atom is -0.349 e. The van der Waals surface area contributed by atoms with E-state index in [2.05, 4.69) is 10.0 Å². The number of rotatable bonds is 7. The molecule has 3 unspecified atom stereocenters. The van der Waals surface area contributed by atoms with Gasteiger partial charge in [0.25, 0.3) is 5.91 Å². The number of sulfonamides is 1. The lowest BCUT2D eigenvalue weighted by Crippen LogP contribution is -2.39. The van der Waals surface area contributed by atoms with Crippen LogP contribution in [0.1, 0.15) is 49.9 Å². The Morgan fingerprint density at radius 1 is 1.29 bits per heavy atom. The van der Waals surface area contributed by atoms with E-state index in [-0.39, 0.29) is 22.9 Å². The quantitative estimate of drug-likeness (QED) is 0.693. The summed E-state index contributed by atoms with van der Waals surface area (Å²) >= 11 is 0. The first-order chi connectivity index (χ1) is 11.4. The maximum Gasteiger partial charge on any atom is 0.251 e. The number of carbonyl (C=O) groups excluding carboxylic acids is 1. The van der Waals surface area contributed by atoms with Crippen LogP contribution in [-0.2, 0) is 10.0 Å². The molecule has 0 spiro atoms. The maximum absolute atomic E-state index is 12.3. The Hall–Kier alpha value is -1.44. The third-order valence-corrected chi connectivity index (χ3v) is 6.28. The van der Waals surface area contributed by atoms with Crippen molar-refractivity contribution in [2.75, 3.05) is 6.54 Å². The van der Waals surface area contributed by atoms with E-state index >= 15 is 0 Å². The zero-order valence-electron chi connectivity index (χ0n) is 14.3. The van der Waals surface area contributed by atoms with Crippen LogP contribution in [0.15, 0.2) is 29.2 Å². The van der Waals surface area contributed by atoms with Crippen LogP contribution in [0, 0.1) is 5.92 Å². The molecule has 1 aromatic carbocycles. The van der Waals surface area contributed by atoms with E-state index in [0.717, 1.165) is 19.3 Å². The van der Waals surface area contributed by atoms with E-state index in [1.54, 1.807) is 12.1 Å². The molecular weight excluding hydrogens is 326 g/mol. The summed E-state index contributed by atoms with van der Waals surface area (Å²) in [5.74, 6) is 0.146. The smallest absolute Gasteiger partial charge is 0.251 e. The van der Waals surface area contributed by atoms with Gasteiger partial charge in [-0.25, -0.2) is 13.1 Å². The highest BCUT2D eigenvalue weighted by molar-refractivity contribution is 7.89. The average molecular weight is 353 g/mol. The summed E-state index contributed by atoms with van der Waals surface area (Å²) in [7, 11) is -3.55. The number of carbonyl (C=O) groups is 1. The van der Waals surface area contributed by atoms with Gasteiger partial charge in [0.05, 0.1) is 4.90 Å². The molecule has 1 aromatic rings. The second-order valence-electron chi connectivity index (χ2n) is 6.46. The van der Waals surface area contributed by atoms with Crippen LogP contribution in [0.4, 0.5) is 0 Å². The van der Waals surface area contributed by atoms with Crippen molar-refractivity contribution in [3.63, 3.8) is 0 Å². The Bertz CT molecular complexity index is 658. The van der Waals surface area contributed by atoms with Crippen LogP contribution in [0.25, 0.3) is 0 Å². The summed E-state index contributed by atoms with van der Waals surface area (Å²) in [5.41, 5.74) is 6.19. The molecule has 1 aliphatic rings. The number of nitrogens with one attached hydrogen (secondary N) is 2. The van der Waals surface area contributed by atoms with Crippen molar-refractivity contribution in [2.45, 2.75) is 56.5 Å². The number of nitrogens with two attached hydrogens (primary N) is 1. The van der Waals surface area contributed by atoms with Crippen LogP contribution >= 0.6 is 0 Å². The topological polar surface area (TPSA) is 101 Å². The number of hydrogen-bond donors (Lipinski definition) is 3. The van der Waals surface area contributed by atoms with Gasteiger partial charge in [-0.3, -0.25) is 4.79 Å². The normalized spacial score (nSPS) is 22.3. The molecule has 4 N–H and O–H groups in total. The second kappa shape index (κ2) is 8.09. The van der Waals surface area contributed by atoms with E-state index in [1.165, 1.54) is 12.1 Å². The third kappa shape index (κ3) is 4.55. The van der Waals surface area contributed by atoms with Crippen LogP contribution in [0.2, 0.25) is 0 Å². The van der Waals surface area contributed by atoms with Gasteiger partial charge in [0.2, 0.25) is 10.0 Å². The fourth-order valence-electron chi connectivity index (χ4n) is 2.96. The molecule has 1 aliphatic carbocycles. The van der Waals surface area contributed by atoms with Gasteiger partial charge < -0.3 is 11.1 Å². The Morgan fingerprint density at radius 3 is 2.54 bits per heavy atom. The van der Waals surface area contributed by atoms with Crippen molar-refractivity contribution in [3.05, 3.63) is 29.8 Å². The molecule has 0 heterocycles. The van der Waals surface area contributed by atoms with E-state index in [1.807, 2.05) is 13.8 Å². The summed E-state index contributed by atoms with van der Waals surface area (Å²) in [6, 6.07) is 6.01. The highest BCUT2D eigenvalue weighted by Crippen LogP contribution is 2.25. The Balaban J connectivity index is 2.04. The van der Waals surface area contributed by atoms with E-state index in [9.17, 15) is 13.2 Å². The standard InChI is InChI=1S/C17H27N3O3S/c1-3-12(2)20-24(22,23)15-9-7-13(8-10-15)17(21)19-16-6-4-5-14(16)11-18/h7-10,12,14,16,20H,3-6,11,18H2,1-2H3,(H,19,21). The third-order valence-electron chi connectivity index (χ3n) is 4.67. The van der Waals surface area contributed by atoms with Gasteiger partial charge >= 0.3 is 0 Å². The average Bonchev–Trinajstić information content (AvgIpc) is 3.01. The first-order valence-corrected chi connectivity index (χ1v) is 9.99. The molecular formula is C17H27N3O3S. The summed E-state index contributed by atoms with van der Waals surface area (Å²) in [6.45, 7) is 4.30. The molecule has 7 heteroatoms. The SMILES string of the molecule is CCC(C)NS(=O)(=O)c1ccc(C(=O)NC2CCCC2CN)cc1. The number of benzene rings is 1. The highest BCUT2D eigenvalue weighted by Gasteiger charge is 2.27. The minimum atomic E-state index is -3.55. The lowest BCUT2D eigenvalue weighted by Gasteiger charge is -2.19. The van der Waals surface area contributed by atoms with Gasteiger partial charge in [-0.05, 0) is 62.9 Å². The van der Waals surface area contributed by atoms with Gasteiger partial charge in [-0.2, -0.15) is 0 Å². The highest BCUT2D eigenvalue weighted by atomic mass is 32.2. The van der Waals surface area contributed by atoms with Crippen molar-refractivity contribution < 1.29 is 13.2 Å². The van der Waals surface area contributed by atoms with Crippen molar-refractivity contribution in [1.29, 1.82) is 0 Å². The fourth-order valence-corrected chi connectivity index (χ4v) is 4.29. The minimum absolute atomic E-state index is 0.109. The molecule has 1 amide bonds. The Kier molecular flexibility index (Phi) is 6.37. The zero-order chi connectivity index (χ0) is 17.7. The van der Waals surface area contributed by atoms with E-state index < -0.39 is 10.0 Å². The van der Waals surface area contributed by atoms with Crippen LogP contribution < -0.4 is 15.8 Å². The molecule has 3 atom stereocenters. The fraction of sp³-hybridized carbons (Fsp3) is 0.588. The number of amides is 1. The molecule has 134 valence electrons. The second-order valence-corrected chi connectivity index (χ2v) is 8.18. The van der Waals surface area contributed by atoms with Crippen molar-refractivity contribution in [3.8, 4) is 0 Å². The predicted octanol–water partition coefficient (Wildman–Crippen LogP) is 1.62. The van der Waals surface area contributed by atoms with Crippen LogP contribution in [0.3, 0.4) is 0 Å². The van der Waals surface area contributed by atoms with Gasteiger partial charge in [0.1, 0.15) is 0 Å². The molecule has 1 fully saturated rings. The van der Waals surface area contributed by atoms with E-state index in [4.69, 9.17) is 5.73 Å². The molecule has 0 aliphatic heterocycles. The van der Waals surface area contributed by atoms with Gasteiger partial charge in [-0.15, -0.1) is 0 Å². The first kappa shape index (κ1) is 18.9. The summed E-state index contributed by atoms with van der Waals surface area (Å²) in [6.07, 6.45) is 3.77. The molecule has 6 nitrogen and oxygen atoms in total. The summed E-state index contributed by atoms with van der Waals surface area (Å²) < 4.78 is 27.0. The summed E-state index contributed by atoms with van der Waals surface area (Å²) in [5, 5.41) is 3.01. The zero-order valence-corrected chi connectivity index (χ0v) is 15.1. The van der Waals surface area contributed by atoms with Crippen molar-refractivity contribution in [2.24, 2.45) is 11.7 Å². The van der Waals surface area contributed by atoms with E-state index in [0.29, 0.717) is 24.4 Å². The monoisotopic (exact) mass is 353 g/mol. The molecule has 24 heavy (non-hydrogen) atoms. The number of hydrogen-bond acceptors (Lipinski definition) is 4. The molecule has 0 radical (unpaired) electrons. The summed E-state index contributed by atoms with van der Waals surface area (Å²) in [4.78, 5) is 12.5. The van der Waals surface area contributed by atoms with Crippen LogP contribution in [-0.4, -0.2) is 33.0 Å². The largest absolute Gasteiger partial charge is 0.349 e. The van der Waals surface area contributed by atoms with Gasteiger partial charge in [0.15, 0.2) is 0 Å². The molecule has 1 saturated carbocycles. The molecule has 0 saturated heterocycles.